The molecule has 0 fully saturated rings. The number of nitrogens with two attached hydrogens (primary N) is 1. The van der Waals surface area contributed by atoms with Crippen molar-refractivity contribution in [3.05, 3.63) is 48.0 Å². The highest BCUT2D eigenvalue weighted by atomic mass is 19.1. The summed E-state index contributed by atoms with van der Waals surface area (Å²) in [5.41, 5.74) is 5.80. The molecule has 0 atom stereocenters. The quantitative estimate of drug-likeness (QED) is 0.884. The highest BCUT2D eigenvalue weighted by molar-refractivity contribution is 5.91. The minimum atomic E-state index is -0.670. The second-order valence-electron chi connectivity index (χ2n) is 3.74. The lowest BCUT2D eigenvalue weighted by molar-refractivity contribution is 0.0995. The van der Waals surface area contributed by atoms with Gasteiger partial charge in [-0.05, 0) is 18.2 Å². The van der Waals surface area contributed by atoms with E-state index in [1.807, 2.05) is 0 Å². The van der Waals surface area contributed by atoms with Crippen molar-refractivity contribution in [1.82, 2.24) is 4.98 Å². The van der Waals surface area contributed by atoms with E-state index in [0.29, 0.717) is 11.4 Å². The zero-order chi connectivity index (χ0) is 13.8. The average molecular weight is 261 g/mol. The minimum absolute atomic E-state index is 0.0561. The lowest BCUT2D eigenvalue weighted by atomic mass is 10.3. The van der Waals surface area contributed by atoms with Crippen molar-refractivity contribution in [3.63, 3.8) is 0 Å². The zero-order valence-corrected chi connectivity index (χ0v) is 10.2. The SMILES string of the molecule is CNc1ccc(Oc2ccnc(C(N)=O)c2)c(F)c1. The van der Waals surface area contributed by atoms with E-state index in [2.05, 4.69) is 10.3 Å². The number of halogens is 1. The van der Waals surface area contributed by atoms with Crippen LogP contribution in [0.3, 0.4) is 0 Å². The fraction of sp³-hybridized carbons (Fsp3) is 0.0769. The Morgan fingerprint density at radius 2 is 2.16 bits per heavy atom. The Hall–Kier alpha value is -2.63. The maximum Gasteiger partial charge on any atom is 0.267 e. The van der Waals surface area contributed by atoms with Gasteiger partial charge in [-0.1, -0.05) is 0 Å². The van der Waals surface area contributed by atoms with Gasteiger partial charge in [0.15, 0.2) is 11.6 Å². The number of hydrogen-bond donors (Lipinski definition) is 2. The summed E-state index contributed by atoms with van der Waals surface area (Å²) in [6, 6.07) is 7.34. The van der Waals surface area contributed by atoms with Crippen LogP contribution >= 0.6 is 0 Å². The van der Waals surface area contributed by atoms with Gasteiger partial charge in [-0.3, -0.25) is 9.78 Å². The van der Waals surface area contributed by atoms with E-state index in [9.17, 15) is 9.18 Å². The van der Waals surface area contributed by atoms with Crippen LogP contribution in [-0.4, -0.2) is 17.9 Å². The normalized spacial score (nSPS) is 10.0. The predicted octanol–water partition coefficient (Wildman–Crippen LogP) is 2.15. The molecule has 0 spiro atoms. The number of rotatable bonds is 4. The number of amides is 1. The molecule has 6 heteroatoms. The first-order valence-electron chi connectivity index (χ1n) is 5.51. The first-order chi connectivity index (χ1) is 9.10. The zero-order valence-electron chi connectivity index (χ0n) is 10.2. The number of ether oxygens (including phenoxy) is 1. The molecule has 2 aromatic rings. The summed E-state index contributed by atoms with van der Waals surface area (Å²) < 4.78 is 19.1. The standard InChI is InChI=1S/C13H12FN3O2/c1-16-8-2-3-12(10(14)6-8)19-9-4-5-17-11(7-9)13(15)18/h2-7,16H,1H3,(H2,15,18). The summed E-state index contributed by atoms with van der Waals surface area (Å²) in [5, 5.41) is 2.82. The Morgan fingerprint density at radius 3 is 2.79 bits per heavy atom. The molecule has 2 rings (SSSR count). The fourth-order valence-corrected chi connectivity index (χ4v) is 1.48. The fourth-order valence-electron chi connectivity index (χ4n) is 1.48. The summed E-state index contributed by atoms with van der Waals surface area (Å²) in [6.07, 6.45) is 1.37. The summed E-state index contributed by atoms with van der Waals surface area (Å²) in [5.74, 6) is -0.832. The third-order valence-corrected chi connectivity index (χ3v) is 2.43. The highest BCUT2D eigenvalue weighted by Gasteiger charge is 2.08. The maximum atomic E-state index is 13.7. The third kappa shape index (κ3) is 2.98. The number of carbonyl (C=O) groups is 1. The monoisotopic (exact) mass is 261 g/mol. The molecule has 98 valence electrons. The lowest BCUT2D eigenvalue weighted by Gasteiger charge is -2.08. The van der Waals surface area contributed by atoms with Crippen LogP contribution in [0.1, 0.15) is 10.5 Å². The molecule has 19 heavy (non-hydrogen) atoms. The molecule has 3 N–H and O–H groups in total. The van der Waals surface area contributed by atoms with Gasteiger partial charge < -0.3 is 15.8 Å². The number of pyridine rings is 1. The van der Waals surface area contributed by atoms with Gasteiger partial charge in [0.25, 0.3) is 5.91 Å². The second-order valence-corrected chi connectivity index (χ2v) is 3.74. The van der Waals surface area contributed by atoms with E-state index in [0.717, 1.165) is 0 Å². The van der Waals surface area contributed by atoms with Crippen molar-refractivity contribution in [2.75, 3.05) is 12.4 Å². The third-order valence-electron chi connectivity index (χ3n) is 2.43. The number of nitrogens with one attached hydrogen (secondary N) is 1. The van der Waals surface area contributed by atoms with E-state index in [4.69, 9.17) is 10.5 Å². The van der Waals surface area contributed by atoms with E-state index in [1.165, 1.54) is 30.5 Å². The summed E-state index contributed by atoms with van der Waals surface area (Å²) in [6.45, 7) is 0. The van der Waals surface area contributed by atoms with Crippen molar-refractivity contribution in [1.29, 1.82) is 0 Å². The van der Waals surface area contributed by atoms with Crippen LogP contribution < -0.4 is 15.8 Å². The second kappa shape index (κ2) is 5.34. The molecule has 0 unspecified atom stereocenters. The van der Waals surface area contributed by atoms with E-state index in [-0.39, 0.29) is 11.4 Å². The topological polar surface area (TPSA) is 77.2 Å². The molecule has 0 aliphatic carbocycles. The van der Waals surface area contributed by atoms with Crippen molar-refractivity contribution >= 4 is 11.6 Å². The van der Waals surface area contributed by atoms with Crippen LogP contribution in [-0.2, 0) is 0 Å². The molecule has 1 aromatic carbocycles. The number of nitrogens with zero attached hydrogens (tertiary/aromatic N) is 1. The molecule has 1 heterocycles. The van der Waals surface area contributed by atoms with Crippen LogP contribution in [0.2, 0.25) is 0 Å². The number of aromatic nitrogens is 1. The van der Waals surface area contributed by atoms with Crippen LogP contribution in [0.15, 0.2) is 36.5 Å². The van der Waals surface area contributed by atoms with Gasteiger partial charge in [-0.25, -0.2) is 4.39 Å². The molecule has 0 saturated carbocycles. The molecule has 0 aliphatic heterocycles. The van der Waals surface area contributed by atoms with E-state index < -0.39 is 11.7 Å². The minimum Gasteiger partial charge on any atom is -0.454 e. The first kappa shape index (κ1) is 12.8. The lowest BCUT2D eigenvalue weighted by Crippen LogP contribution is -2.12. The predicted molar refractivity (Wildman–Crippen MR) is 68.8 cm³/mol. The molecule has 0 radical (unpaired) electrons. The Morgan fingerprint density at radius 1 is 1.37 bits per heavy atom. The average Bonchev–Trinajstić information content (AvgIpc) is 2.41. The molecular weight excluding hydrogens is 249 g/mol. The van der Waals surface area contributed by atoms with Crippen LogP contribution in [0.5, 0.6) is 11.5 Å². The molecule has 1 amide bonds. The number of carbonyl (C=O) groups excluding carboxylic acids is 1. The van der Waals surface area contributed by atoms with Gasteiger partial charge in [0, 0.05) is 31.1 Å². The maximum absolute atomic E-state index is 13.7. The van der Waals surface area contributed by atoms with Gasteiger partial charge in [-0.15, -0.1) is 0 Å². The van der Waals surface area contributed by atoms with Crippen LogP contribution in [0, 0.1) is 5.82 Å². The molecule has 0 bridgehead atoms. The van der Waals surface area contributed by atoms with Gasteiger partial charge in [0.1, 0.15) is 11.4 Å². The van der Waals surface area contributed by atoms with Crippen molar-refractivity contribution in [3.8, 4) is 11.5 Å². The molecular formula is C13H12FN3O2. The number of benzene rings is 1. The van der Waals surface area contributed by atoms with Crippen LogP contribution in [0.4, 0.5) is 10.1 Å². The van der Waals surface area contributed by atoms with Crippen molar-refractivity contribution in [2.24, 2.45) is 5.73 Å². The molecule has 5 nitrogen and oxygen atoms in total. The highest BCUT2D eigenvalue weighted by Crippen LogP contribution is 2.26. The smallest absolute Gasteiger partial charge is 0.267 e. The molecule has 0 aliphatic rings. The van der Waals surface area contributed by atoms with Gasteiger partial charge in [-0.2, -0.15) is 0 Å². The Kier molecular flexibility index (Phi) is 3.61. The Bertz CT molecular complexity index is 617. The molecule has 0 saturated heterocycles. The Labute approximate surface area is 109 Å². The van der Waals surface area contributed by atoms with Crippen molar-refractivity contribution < 1.29 is 13.9 Å². The van der Waals surface area contributed by atoms with E-state index in [1.54, 1.807) is 13.1 Å². The van der Waals surface area contributed by atoms with Gasteiger partial charge >= 0.3 is 0 Å². The van der Waals surface area contributed by atoms with Gasteiger partial charge in [0.2, 0.25) is 0 Å². The summed E-state index contributed by atoms with van der Waals surface area (Å²) in [7, 11) is 1.69. The molecule has 1 aromatic heterocycles. The number of hydrogen-bond acceptors (Lipinski definition) is 4. The van der Waals surface area contributed by atoms with Crippen molar-refractivity contribution in [2.45, 2.75) is 0 Å². The summed E-state index contributed by atoms with van der Waals surface area (Å²) in [4.78, 5) is 14.7. The van der Waals surface area contributed by atoms with E-state index >= 15 is 0 Å². The van der Waals surface area contributed by atoms with Gasteiger partial charge in [0.05, 0.1) is 0 Å². The first-order valence-corrected chi connectivity index (χ1v) is 5.51. The Balaban J connectivity index is 2.26. The number of primary amides is 1. The van der Waals surface area contributed by atoms with Crippen LogP contribution in [0.25, 0.3) is 0 Å². The number of anilines is 1. The largest absolute Gasteiger partial charge is 0.454 e. The summed E-state index contributed by atoms with van der Waals surface area (Å²) >= 11 is 0.